The van der Waals surface area contributed by atoms with Crippen molar-refractivity contribution in [3.8, 4) is 11.3 Å². The molecule has 0 radical (unpaired) electrons. The van der Waals surface area contributed by atoms with Crippen molar-refractivity contribution < 1.29 is 9.90 Å². The third-order valence-corrected chi connectivity index (χ3v) is 2.83. The van der Waals surface area contributed by atoms with Gasteiger partial charge in [0.05, 0.1) is 12.0 Å². The Morgan fingerprint density at radius 3 is 2.89 bits per heavy atom. The molecule has 2 aromatic rings. The van der Waals surface area contributed by atoms with Gasteiger partial charge >= 0.3 is 5.97 Å². The van der Waals surface area contributed by atoms with Gasteiger partial charge < -0.3 is 15.8 Å². The number of carbonyl (C=O) groups is 1. The summed E-state index contributed by atoms with van der Waals surface area (Å²) >= 11 is 0. The van der Waals surface area contributed by atoms with Crippen LogP contribution in [0.2, 0.25) is 0 Å². The first-order valence-electron chi connectivity index (χ1n) is 5.74. The van der Waals surface area contributed by atoms with Gasteiger partial charge in [-0.3, -0.25) is 4.79 Å². The smallest absolute Gasteiger partial charge is 0.320 e. The molecule has 1 aromatic carbocycles. The molecule has 0 bridgehead atoms. The lowest BCUT2D eigenvalue weighted by Gasteiger charge is -2.09. The predicted octanol–water partition coefficient (Wildman–Crippen LogP) is 1.42. The number of hydrogen-bond donors (Lipinski definition) is 3. The number of rotatable bonds is 5. The third-order valence-electron chi connectivity index (χ3n) is 2.83. The average Bonchev–Trinajstić information content (AvgIpc) is 2.89. The zero-order chi connectivity index (χ0) is 13.0. The summed E-state index contributed by atoms with van der Waals surface area (Å²) in [6, 6.07) is 6.98. The summed E-state index contributed by atoms with van der Waals surface area (Å²) in [4.78, 5) is 17.8. The fourth-order valence-electron chi connectivity index (χ4n) is 1.83. The number of nitrogens with two attached hydrogens (primary N) is 1. The molecule has 94 valence electrons. The standard InChI is InChI=1S/C13H15N3O2/c14-11(13(17)18)6-5-9-3-1-2-4-10(9)12-7-15-8-16-12/h1-4,7-8,11H,5-6,14H2,(H,15,16)(H,17,18)/t11-/m0/s1. The van der Waals surface area contributed by atoms with Gasteiger partial charge in [-0.05, 0) is 18.4 Å². The maximum atomic E-state index is 10.7. The number of carboxylic acid groups (broad SMARTS) is 1. The van der Waals surface area contributed by atoms with Gasteiger partial charge in [-0.15, -0.1) is 0 Å². The molecule has 5 heteroatoms. The first-order valence-corrected chi connectivity index (χ1v) is 5.74. The number of carboxylic acids is 1. The molecule has 0 saturated heterocycles. The molecule has 0 fully saturated rings. The molecule has 5 nitrogen and oxygen atoms in total. The largest absolute Gasteiger partial charge is 0.480 e. The Hall–Kier alpha value is -2.14. The highest BCUT2D eigenvalue weighted by molar-refractivity contribution is 5.73. The predicted molar refractivity (Wildman–Crippen MR) is 68.0 cm³/mol. The minimum Gasteiger partial charge on any atom is -0.480 e. The van der Waals surface area contributed by atoms with Crippen molar-refractivity contribution in [3.63, 3.8) is 0 Å². The van der Waals surface area contributed by atoms with Crippen LogP contribution in [-0.4, -0.2) is 27.1 Å². The SMILES string of the molecule is N[C@@H](CCc1ccccc1-c1c[nH]cn1)C(=O)O. The summed E-state index contributed by atoms with van der Waals surface area (Å²) in [7, 11) is 0. The molecule has 0 aliphatic carbocycles. The van der Waals surface area contributed by atoms with Gasteiger partial charge in [0.15, 0.2) is 0 Å². The monoisotopic (exact) mass is 245 g/mol. The fraction of sp³-hybridized carbons (Fsp3) is 0.231. The van der Waals surface area contributed by atoms with E-state index in [1.54, 1.807) is 6.33 Å². The Kier molecular flexibility index (Phi) is 3.74. The first-order chi connectivity index (χ1) is 8.68. The third kappa shape index (κ3) is 2.75. The quantitative estimate of drug-likeness (QED) is 0.742. The summed E-state index contributed by atoms with van der Waals surface area (Å²) in [6.45, 7) is 0. The molecular weight excluding hydrogens is 230 g/mol. The van der Waals surface area contributed by atoms with Crippen molar-refractivity contribution in [1.29, 1.82) is 0 Å². The second-order valence-corrected chi connectivity index (χ2v) is 4.09. The molecule has 1 heterocycles. The van der Waals surface area contributed by atoms with Crippen LogP contribution in [0.3, 0.4) is 0 Å². The van der Waals surface area contributed by atoms with Crippen LogP contribution in [0.4, 0.5) is 0 Å². The topological polar surface area (TPSA) is 92.0 Å². The van der Waals surface area contributed by atoms with Crippen LogP contribution in [0.1, 0.15) is 12.0 Å². The summed E-state index contributed by atoms with van der Waals surface area (Å²) in [5, 5.41) is 8.77. The van der Waals surface area contributed by atoms with Gasteiger partial charge in [0, 0.05) is 11.8 Å². The Labute approximate surface area is 105 Å². The lowest BCUT2D eigenvalue weighted by Crippen LogP contribution is -2.30. The number of aryl methyl sites for hydroxylation is 1. The summed E-state index contributed by atoms with van der Waals surface area (Å²) < 4.78 is 0. The average molecular weight is 245 g/mol. The van der Waals surface area contributed by atoms with Crippen LogP contribution in [0.15, 0.2) is 36.8 Å². The lowest BCUT2D eigenvalue weighted by atomic mass is 9.99. The van der Waals surface area contributed by atoms with Gasteiger partial charge in [-0.2, -0.15) is 0 Å². The zero-order valence-corrected chi connectivity index (χ0v) is 9.84. The minimum atomic E-state index is -0.966. The molecule has 4 N–H and O–H groups in total. The van der Waals surface area contributed by atoms with Gasteiger partial charge in [0.25, 0.3) is 0 Å². The molecular formula is C13H15N3O2. The molecule has 18 heavy (non-hydrogen) atoms. The van der Waals surface area contributed by atoms with E-state index in [1.807, 2.05) is 30.5 Å². The summed E-state index contributed by atoms with van der Waals surface area (Å²) in [5.74, 6) is -0.966. The van der Waals surface area contributed by atoms with Crippen LogP contribution in [0.25, 0.3) is 11.3 Å². The van der Waals surface area contributed by atoms with E-state index in [1.165, 1.54) is 0 Å². The van der Waals surface area contributed by atoms with Crippen LogP contribution in [-0.2, 0) is 11.2 Å². The Morgan fingerprint density at radius 2 is 2.22 bits per heavy atom. The second kappa shape index (κ2) is 5.46. The second-order valence-electron chi connectivity index (χ2n) is 4.09. The number of imidazole rings is 1. The van der Waals surface area contributed by atoms with Gasteiger partial charge in [-0.25, -0.2) is 4.98 Å². The van der Waals surface area contributed by atoms with E-state index in [0.717, 1.165) is 16.8 Å². The van der Waals surface area contributed by atoms with Crippen molar-refractivity contribution in [3.05, 3.63) is 42.4 Å². The number of nitrogens with one attached hydrogen (secondary N) is 1. The van der Waals surface area contributed by atoms with Crippen LogP contribution in [0.5, 0.6) is 0 Å². The highest BCUT2D eigenvalue weighted by Crippen LogP contribution is 2.22. The highest BCUT2D eigenvalue weighted by Gasteiger charge is 2.13. The van der Waals surface area contributed by atoms with E-state index in [9.17, 15) is 4.79 Å². The Balaban J connectivity index is 2.16. The zero-order valence-electron chi connectivity index (χ0n) is 9.84. The van der Waals surface area contributed by atoms with Crippen molar-refractivity contribution in [2.75, 3.05) is 0 Å². The van der Waals surface area contributed by atoms with E-state index in [-0.39, 0.29) is 0 Å². The molecule has 0 spiro atoms. The van der Waals surface area contributed by atoms with E-state index >= 15 is 0 Å². The Morgan fingerprint density at radius 1 is 1.44 bits per heavy atom. The number of hydrogen-bond acceptors (Lipinski definition) is 3. The molecule has 0 aliphatic heterocycles. The number of aromatic amines is 1. The van der Waals surface area contributed by atoms with Gasteiger partial charge in [0.2, 0.25) is 0 Å². The van der Waals surface area contributed by atoms with Crippen LogP contribution < -0.4 is 5.73 Å². The summed E-state index contributed by atoms with van der Waals surface area (Å²) in [5.41, 5.74) is 8.44. The highest BCUT2D eigenvalue weighted by atomic mass is 16.4. The van der Waals surface area contributed by atoms with Crippen molar-refractivity contribution in [1.82, 2.24) is 9.97 Å². The maximum Gasteiger partial charge on any atom is 0.320 e. The van der Waals surface area contributed by atoms with E-state index < -0.39 is 12.0 Å². The molecule has 2 rings (SSSR count). The fourth-order valence-corrected chi connectivity index (χ4v) is 1.83. The normalized spacial score (nSPS) is 12.3. The van der Waals surface area contributed by atoms with E-state index in [2.05, 4.69) is 9.97 Å². The molecule has 1 atom stereocenters. The van der Waals surface area contributed by atoms with Crippen LogP contribution >= 0.6 is 0 Å². The minimum absolute atomic E-state index is 0.413. The first kappa shape index (κ1) is 12.3. The summed E-state index contributed by atoms with van der Waals surface area (Å²) in [6.07, 6.45) is 4.47. The molecule has 1 aromatic heterocycles. The number of benzene rings is 1. The number of aromatic nitrogens is 2. The molecule has 0 aliphatic rings. The number of nitrogens with zero attached hydrogens (tertiary/aromatic N) is 1. The lowest BCUT2D eigenvalue weighted by molar-refractivity contribution is -0.138. The molecule has 0 amide bonds. The number of aliphatic carboxylic acids is 1. The molecule has 0 unspecified atom stereocenters. The van der Waals surface area contributed by atoms with Crippen LogP contribution in [0, 0.1) is 0 Å². The van der Waals surface area contributed by atoms with Gasteiger partial charge in [0.1, 0.15) is 6.04 Å². The van der Waals surface area contributed by atoms with Crippen molar-refractivity contribution >= 4 is 5.97 Å². The molecule has 0 saturated carbocycles. The van der Waals surface area contributed by atoms with Gasteiger partial charge in [-0.1, -0.05) is 24.3 Å². The Bertz CT molecular complexity index is 523. The van der Waals surface area contributed by atoms with E-state index in [4.69, 9.17) is 10.8 Å². The van der Waals surface area contributed by atoms with Crippen molar-refractivity contribution in [2.45, 2.75) is 18.9 Å². The van der Waals surface area contributed by atoms with E-state index in [0.29, 0.717) is 12.8 Å². The van der Waals surface area contributed by atoms with Crippen molar-refractivity contribution in [2.24, 2.45) is 5.73 Å². The maximum absolute atomic E-state index is 10.7. The number of H-pyrrole nitrogens is 1.